The lowest BCUT2D eigenvalue weighted by atomic mass is 10.1. The molecule has 34 heavy (non-hydrogen) atoms. The molecule has 0 saturated carbocycles. The largest absolute Gasteiger partial charge is 0.325 e. The summed E-state index contributed by atoms with van der Waals surface area (Å²) in [5.74, 6) is -0.0524. The third-order valence-corrected chi connectivity index (χ3v) is 8.01. The van der Waals surface area contributed by atoms with E-state index in [2.05, 4.69) is 19.2 Å². The SMILES string of the molecule is CCCc1sc2nc(SCC(=O)Nc3ccc(Cl)cc3)n(-c3ccc(CC)cc3)c(=O)c2c1C. The lowest BCUT2D eigenvalue weighted by molar-refractivity contribution is -0.113. The molecular formula is C26H26ClN3O2S2. The summed E-state index contributed by atoms with van der Waals surface area (Å²) in [4.78, 5) is 33.1. The zero-order valence-corrected chi connectivity index (χ0v) is 21.7. The van der Waals surface area contributed by atoms with Crippen LogP contribution in [0, 0.1) is 6.92 Å². The van der Waals surface area contributed by atoms with Crippen molar-refractivity contribution in [2.24, 2.45) is 0 Å². The van der Waals surface area contributed by atoms with Gasteiger partial charge < -0.3 is 5.32 Å². The number of nitrogens with zero attached hydrogens (tertiary/aromatic N) is 2. The van der Waals surface area contributed by atoms with Crippen molar-refractivity contribution in [3.05, 3.63) is 79.9 Å². The van der Waals surface area contributed by atoms with Crippen molar-refractivity contribution in [2.45, 2.75) is 45.2 Å². The predicted octanol–water partition coefficient (Wildman–Crippen LogP) is 6.65. The number of aromatic nitrogens is 2. The van der Waals surface area contributed by atoms with E-state index in [-0.39, 0.29) is 17.2 Å². The van der Waals surface area contributed by atoms with Gasteiger partial charge in [0.05, 0.1) is 16.8 Å². The van der Waals surface area contributed by atoms with E-state index in [1.54, 1.807) is 40.2 Å². The molecule has 0 radical (unpaired) electrons. The van der Waals surface area contributed by atoms with Gasteiger partial charge in [-0.3, -0.25) is 14.2 Å². The first kappa shape index (κ1) is 24.5. The number of nitrogens with one attached hydrogen (secondary N) is 1. The minimum atomic E-state index is -0.177. The van der Waals surface area contributed by atoms with Crippen molar-refractivity contribution in [3.63, 3.8) is 0 Å². The molecule has 0 fully saturated rings. The normalized spacial score (nSPS) is 11.2. The van der Waals surface area contributed by atoms with Gasteiger partial charge in [0.1, 0.15) is 4.83 Å². The molecule has 2 heterocycles. The highest BCUT2D eigenvalue weighted by Crippen LogP contribution is 2.31. The number of amides is 1. The molecule has 1 amide bonds. The minimum absolute atomic E-state index is 0.0917. The van der Waals surface area contributed by atoms with Crippen molar-refractivity contribution in [3.8, 4) is 5.69 Å². The lowest BCUT2D eigenvalue weighted by Gasteiger charge is -2.13. The number of rotatable bonds is 8. The average Bonchev–Trinajstić information content (AvgIpc) is 3.15. The van der Waals surface area contributed by atoms with E-state index in [0.29, 0.717) is 21.3 Å². The van der Waals surface area contributed by atoms with Gasteiger partial charge in [0, 0.05) is 15.6 Å². The highest BCUT2D eigenvalue weighted by molar-refractivity contribution is 7.99. The third kappa shape index (κ3) is 5.22. The highest BCUT2D eigenvalue weighted by Gasteiger charge is 2.20. The van der Waals surface area contributed by atoms with Crippen LogP contribution in [0.3, 0.4) is 0 Å². The quantitative estimate of drug-likeness (QED) is 0.212. The summed E-state index contributed by atoms with van der Waals surface area (Å²) < 4.78 is 1.64. The van der Waals surface area contributed by atoms with Crippen LogP contribution in [0.15, 0.2) is 58.5 Å². The van der Waals surface area contributed by atoms with E-state index in [0.717, 1.165) is 35.3 Å². The number of thiophene rings is 1. The molecule has 0 spiro atoms. The van der Waals surface area contributed by atoms with Crippen molar-refractivity contribution < 1.29 is 4.79 Å². The Bertz CT molecular complexity index is 1380. The molecule has 0 aliphatic carbocycles. The molecule has 0 saturated heterocycles. The molecule has 2 aromatic carbocycles. The van der Waals surface area contributed by atoms with E-state index in [1.807, 2.05) is 31.2 Å². The van der Waals surface area contributed by atoms with Crippen LogP contribution in [0.1, 0.15) is 36.3 Å². The molecule has 4 aromatic rings. The molecule has 0 unspecified atom stereocenters. The molecular weight excluding hydrogens is 486 g/mol. The van der Waals surface area contributed by atoms with Crippen LogP contribution in [0.25, 0.3) is 15.9 Å². The number of aryl methyl sites for hydroxylation is 3. The van der Waals surface area contributed by atoms with Crippen molar-refractivity contribution in [1.82, 2.24) is 9.55 Å². The van der Waals surface area contributed by atoms with Crippen LogP contribution in [-0.4, -0.2) is 21.2 Å². The van der Waals surface area contributed by atoms with Gasteiger partial charge in [-0.05, 0) is 67.3 Å². The molecule has 0 aliphatic rings. The number of carbonyl (C=O) groups excluding carboxylic acids is 1. The number of carbonyl (C=O) groups is 1. The number of hydrogen-bond acceptors (Lipinski definition) is 5. The first-order valence-corrected chi connectivity index (χ1v) is 13.4. The second kappa shape index (κ2) is 10.8. The summed E-state index contributed by atoms with van der Waals surface area (Å²) >= 11 is 8.76. The summed E-state index contributed by atoms with van der Waals surface area (Å²) in [6.45, 7) is 6.23. The molecule has 5 nitrogen and oxygen atoms in total. The molecule has 1 N–H and O–H groups in total. The van der Waals surface area contributed by atoms with Gasteiger partial charge in [0.25, 0.3) is 5.56 Å². The van der Waals surface area contributed by atoms with E-state index in [9.17, 15) is 9.59 Å². The van der Waals surface area contributed by atoms with Gasteiger partial charge in [-0.1, -0.05) is 55.8 Å². The van der Waals surface area contributed by atoms with Gasteiger partial charge in [0.15, 0.2) is 5.16 Å². The van der Waals surface area contributed by atoms with Gasteiger partial charge in [-0.25, -0.2) is 4.98 Å². The van der Waals surface area contributed by atoms with Gasteiger partial charge >= 0.3 is 0 Å². The van der Waals surface area contributed by atoms with Gasteiger partial charge in [-0.15, -0.1) is 11.3 Å². The Labute approximate surface area is 212 Å². The van der Waals surface area contributed by atoms with Crippen LogP contribution >= 0.6 is 34.7 Å². The van der Waals surface area contributed by atoms with E-state index in [4.69, 9.17) is 16.6 Å². The summed E-state index contributed by atoms with van der Waals surface area (Å²) in [5.41, 5.74) is 3.53. The van der Waals surface area contributed by atoms with E-state index in [1.165, 1.54) is 22.2 Å². The van der Waals surface area contributed by atoms with Crippen LogP contribution in [0.2, 0.25) is 5.02 Å². The maximum Gasteiger partial charge on any atom is 0.267 e. The predicted molar refractivity (Wildman–Crippen MR) is 144 cm³/mol. The minimum Gasteiger partial charge on any atom is -0.325 e. The average molecular weight is 512 g/mol. The first-order valence-electron chi connectivity index (χ1n) is 11.2. The Hall–Kier alpha value is -2.61. The molecule has 8 heteroatoms. The Balaban J connectivity index is 1.71. The number of halogens is 1. The monoisotopic (exact) mass is 511 g/mol. The Morgan fingerprint density at radius 3 is 2.47 bits per heavy atom. The summed E-state index contributed by atoms with van der Waals surface area (Å²) in [6.07, 6.45) is 2.85. The standard InChI is InChI=1S/C26H26ClN3O2S2/c1-4-6-21-16(3)23-24(34-21)29-26(30(25(23)32)20-13-7-17(5-2)8-14-20)33-15-22(31)28-19-11-9-18(27)10-12-19/h7-14H,4-6,15H2,1-3H3,(H,28,31). The topological polar surface area (TPSA) is 64.0 Å². The number of thioether (sulfide) groups is 1. The molecule has 0 aliphatic heterocycles. The molecule has 4 rings (SSSR count). The lowest BCUT2D eigenvalue weighted by Crippen LogP contribution is -2.23. The van der Waals surface area contributed by atoms with Crippen molar-refractivity contribution in [1.29, 1.82) is 0 Å². The third-order valence-electron chi connectivity index (χ3n) is 5.57. The number of hydrogen-bond donors (Lipinski definition) is 1. The second-order valence-electron chi connectivity index (χ2n) is 7.98. The van der Waals surface area contributed by atoms with Crippen LogP contribution in [-0.2, 0) is 17.6 Å². The fourth-order valence-electron chi connectivity index (χ4n) is 3.74. The van der Waals surface area contributed by atoms with E-state index >= 15 is 0 Å². The zero-order valence-electron chi connectivity index (χ0n) is 19.4. The fraction of sp³-hybridized carbons (Fsp3) is 0.269. The van der Waals surface area contributed by atoms with E-state index < -0.39 is 0 Å². The highest BCUT2D eigenvalue weighted by atomic mass is 35.5. The van der Waals surface area contributed by atoms with Crippen LogP contribution in [0.4, 0.5) is 5.69 Å². The summed E-state index contributed by atoms with van der Waals surface area (Å²) in [5, 5.41) is 4.65. The number of benzene rings is 2. The zero-order chi connectivity index (χ0) is 24.2. The Kier molecular flexibility index (Phi) is 7.76. The number of anilines is 1. The maximum atomic E-state index is 13.7. The molecule has 0 atom stereocenters. The molecule has 176 valence electrons. The second-order valence-corrected chi connectivity index (χ2v) is 10.4. The smallest absolute Gasteiger partial charge is 0.267 e. The van der Waals surface area contributed by atoms with Gasteiger partial charge in [-0.2, -0.15) is 0 Å². The molecule has 0 bridgehead atoms. The van der Waals surface area contributed by atoms with Crippen LogP contribution < -0.4 is 10.9 Å². The van der Waals surface area contributed by atoms with Gasteiger partial charge in [0.2, 0.25) is 5.91 Å². The first-order chi connectivity index (χ1) is 16.4. The van der Waals surface area contributed by atoms with Crippen LogP contribution in [0.5, 0.6) is 0 Å². The Morgan fingerprint density at radius 2 is 1.82 bits per heavy atom. The maximum absolute atomic E-state index is 13.7. The fourth-order valence-corrected chi connectivity index (χ4v) is 6.00. The van der Waals surface area contributed by atoms with Crippen molar-refractivity contribution in [2.75, 3.05) is 11.1 Å². The molecule has 2 aromatic heterocycles. The summed E-state index contributed by atoms with van der Waals surface area (Å²) in [7, 11) is 0. The van der Waals surface area contributed by atoms with Crippen molar-refractivity contribution >= 4 is 56.5 Å². The number of fused-ring (bicyclic) bond motifs is 1. The Morgan fingerprint density at radius 1 is 1.12 bits per heavy atom. The summed E-state index contributed by atoms with van der Waals surface area (Å²) in [6, 6.07) is 14.9.